The van der Waals surface area contributed by atoms with Crippen molar-refractivity contribution in [3.05, 3.63) is 83.6 Å². The van der Waals surface area contributed by atoms with Crippen molar-refractivity contribution in [3.8, 4) is 0 Å². The van der Waals surface area contributed by atoms with Gasteiger partial charge in [0.05, 0.1) is 11.2 Å². The molecule has 0 fully saturated rings. The van der Waals surface area contributed by atoms with E-state index in [1.54, 1.807) is 0 Å². The molecule has 1 aliphatic rings. The molecule has 120 valence electrons. The summed E-state index contributed by atoms with van der Waals surface area (Å²) in [7, 11) is 0. The lowest BCUT2D eigenvalue weighted by atomic mass is 10.1. The van der Waals surface area contributed by atoms with Crippen LogP contribution in [0.2, 0.25) is 0 Å². The van der Waals surface area contributed by atoms with Gasteiger partial charge in [-0.3, -0.25) is 10.00 Å². The van der Waals surface area contributed by atoms with Crippen LogP contribution in [0.25, 0.3) is 17.0 Å². The lowest BCUT2D eigenvalue weighted by Gasteiger charge is -2.24. The fraction of sp³-hybridized carbons (Fsp3) is 0.190. The van der Waals surface area contributed by atoms with Gasteiger partial charge in [-0.25, -0.2) is 0 Å². The fourth-order valence-corrected chi connectivity index (χ4v) is 3.14. The molecule has 0 amide bonds. The maximum Gasteiger partial charge on any atom is 0.0841 e. The monoisotopic (exact) mass is 315 g/mol. The van der Waals surface area contributed by atoms with Gasteiger partial charge in [0.1, 0.15) is 0 Å². The van der Waals surface area contributed by atoms with E-state index in [4.69, 9.17) is 0 Å². The lowest BCUT2D eigenvalue weighted by Crippen LogP contribution is -2.28. The van der Waals surface area contributed by atoms with Crippen molar-refractivity contribution in [2.45, 2.75) is 13.0 Å². The summed E-state index contributed by atoms with van der Waals surface area (Å²) in [6.07, 6.45) is 7.86. The smallest absolute Gasteiger partial charge is 0.0841 e. The Morgan fingerprint density at radius 3 is 2.67 bits per heavy atom. The number of nitrogens with zero attached hydrogens (tertiary/aromatic N) is 2. The number of H-pyrrole nitrogens is 1. The Bertz CT molecular complexity index is 874. The molecule has 0 bridgehead atoms. The maximum atomic E-state index is 4.48. The number of fused-ring (bicyclic) bond motifs is 1. The average Bonchev–Trinajstić information content (AvgIpc) is 3.05. The Kier molecular flexibility index (Phi) is 4.26. The van der Waals surface area contributed by atoms with Crippen LogP contribution in [-0.2, 0) is 6.54 Å². The molecule has 1 aliphatic heterocycles. The van der Waals surface area contributed by atoms with Crippen molar-refractivity contribution in [2.75, 3.05) is 13.1 Å². The number of rotatable bonds is 4. The summed E-state index contributed by atoms with van der Waals surface area (Å²) in [5.74, 6) is 0. The molecule has 3 aromatic rings. The Labute approximate surface area is 142 Å². The predicted octanol–water partition coefficient (Wildman–Crippen LogP) is 4.41. The molecule has 0 radical (unpaired) electrons. The summed E-state index contributed by atoms with van der Waals surface area (Å²) >= 11 is 0. The second kappa shape index (κ2) is 6.85. The van der Waals surface area contributed by atoms with E-state index < -0.39 is 0 Å². The second-order valence-corrected chi connectivity index (χ2v) is 6.22. The molecule has 0 saturated heterocycles. The molecule has 1 N–H and O–H groups in total. The summed E-state index contributed by atoms with van der Waals surface area (Å²) in [5.41, 5.74) is 4.93. The minimum Gasteiger partial charge on any atom is -0.293 e. The topological polar surface area (TPSA) is 31.9 Å². The number of benzene rings is 2. The number of hydrogen-bond donors (Lipinski definition) is 1. The van der Waals surface area contributed by atoms with Gasteiger partial charge >= 0.3 is 0 Å². The van der Waals surface area contributed by atoms with E-state index in [-0.39, 0.29) is 0 Å². The van der Waals surface area contributed by atoms with Gasteiger partial charge in [0, 0.05) is 25.0 Å². The van der Waals surface area contributed by atoms with E-state index in [0.717, 1.165) is 37.3 Å². The van der Waals surface area contributed by atoms with Gasteiger partial charge in [0.2, 0.25) is 0 Å². The number of para-hydroxylation sites is 1. The summed E-state index contributed by atoms with van der Waals surface area (Å²) in [6, 6.07) is 18.8. The number of nitrogens with one attached hydrogen (secondary N) is 1. The molecule has 0 unspecified atom stereocenters. The molecule has 2 aromatic carbocycles. The average molecular weight is 315 g/mol. The van der Waals surface area contributed by atoms with Crippen molar-refractivity contribution < 1.29 is 0 Å². The Hall–Kier alpha value is -2.65. The number of aromatic amines is 1. The first-order valence-corrected chi connectivity index (χ1v) is 8.45. The van der Waals surface area contributed by atoms with Crippen molar-refractivity contribution in [2.24, 2.45) is 0 Å². The molecule has 24 heavy (non-hydrogen) atoms. The van der Waals surface area contributed by atoms with Crippen LogP contribution in [0, 0.1) is 0 Å². The van der Waals surface area contributed by atoms with E-state index in [9.17, 15) is 0 Å². The fourth-order valence-electron chi connectivity index (χ4n) is 3.14. The van der Waals surface area contributed by atoms with Gasteiger partial charge in [-0.2, -0.15) is 5.10 Å². The molecule has 0 atom stereocenters. The Balaban J connectivity index is 1.40. The molecular weight excluding hydrogens is 294 g/mol. The minimum atomic E-state index is 0.899. The number of aromatic nitrogens is 2. The third kappa shape index (κ3) is 3.31. The van der Waals surface area contributed by atoms with Crippen molar-refractivity contribution in [1.29, 1.82) is 0 Å². The molecular formula is C21H21N3. The van der Waals surface area contributed by atoms with E-state index in [0.29, 0.717) is 0 Å². The zero-order valence-electron chi connectivity index (χ0n) is 13.7. The quantitative estimate of drug-likeness (QED) is 0.773. The summed E-state index contributed by atoms with van der Waals surface area (Å²) in [4.78, 5) is 2.45. The summed E-state index contributed by atoms with van der Waals surface area (Å²) < 4.78 is 0. The zero-order valence-corrected chi connectivity index (χ0v) is 13.7. The highest BCUT2D eigenvalue weighted by Crippen LogP contribution is 2.20. The van der Waals surface area contributed by atoms with Gasteiger partial charge in [-0.05, 0) is 23.6 Å². The van der Waals surface area contributed by atoms with Crippen LogP contribution in [0.3, 0.4) is 0 Å². The van der Waals surface area contributed by atoms with Crippen LogP contribution in [0.4, 0.5) is 0 Å². The summed E-state index contributed by atoms with van der Waals surface area (Å²) in [5, 5.41) is 8.84. The first-order valence-electron chi connectivity index (χ1n) is 8.45. The Morgan fingerprint density at radius 2 is 1.83 bits per heavy atom. The normalized spacial score (nSPS) is 15.9. The molecule has 0 saturated carbocycles. The SMILES string of the molecule is C(=Cc1ccccc1)C1=CCN(Cc2n[nH]c3ccccc23)CC1. The third-order valence-corrected chi connectivity index (χ3v) is 4.54. The predicted molar refractivity (Wildman–Crippen MR) is 99.5 cm³/mol. The largest absolute Gasteiger partial charge is 0.293 e. The maximum absolute atomic E-state index is 4.48. The van der Waals surface area contributed by atoms with Crippen LogP contribution < -0.4 is 0 Å². The third-order valence-electron chi connectivity index (χ3n) is 4.54. The van der Waals surface area contributed by atoms with Crippen molar-refractivity contribution in [3.63, 3.8) is 0 Å². The number of hydrogen-bond acceptors (Lipinski definition) is 2. The second-order valence-electron chi connectivity index (χ2n) is 6.22. The van der Waals surface area contributed by atoms with Crippen molar-refractivity contribution in [1.82, 2.24) is 15.1 Å². The van der Waals surface area contributed by atoms with E-state index in [1.165, 1.54) is 16.5 Å². The standard InChI is InChI=1S/C21H21N3/c1-2-6-17(7-3-1)10-11-18-12-14-24(15-13-18)16-21-19-8-4-5-9-20(19)22-23-21/h1-12H,13-16H2,(H,22,23). The Morgan fingerprint density at radius 1 is 1.00 bits per heavy atom. The highest BCUT2D eigenvalue weighted by Gasteiger charge is 2.13. The first kappa shape index (κ1) is 14.9. The molecule has 0 spiro atoms. The molecule has 3 nitrogen and oxygen atoms in total. The van der Waals surface area contributed by atoms with Gasteiger partial charge in [0.25, 0.3) is 0 Å². The van der Waals surface area contributed by atoms with E-state index in [2.05, 4.69) is 75.8 Å². The zero-order chi connectivity index (χ0) is 16.2. The highest BCUT2D eigenvalue weighted by atomic mass is 15.2. The molecule has 2 heterocycles. The number of allylic oxidation sites excluding steroid dienone is 1. The highest BCUT2D eigenvalue weighted by molar-refractivity contribution is 5.81. The van der Waals surface area contributed by atoms with Crippen LogP contribution in [0.5, 0.6) is 0 Å². The molecule has 4 rings (SSSR count). The molecule has 0 aliphatic carbocycles. The van der Waals surface area contributed by atoms with Gasteiger partial charge in [0.15, 0.2) is 0 Å². The van der Waals surface area contributed by atoms with E-state index >= 15 is 0 Å². The van der Waals surface area contributed by atoms with Crippen molar-refractivity contribution >= 4 is 17.0 Å². The molecule has 1 aromatic heterocycles. The lowest BCUT2D eigenvalue weighted by molar-refractivity contribution is 0.285. The van der Waals surface area contributed by atoms with E-state index in [1.807, 2.05) is 12.1 Å². The van der Waals surface area contributed by atoms with Crippen LogP contribution >= 0.6 is 0 Å². The van der Waals surface area contributed by atoms with Gasteiger partial charge < -0.3 is 0 Å². The van der Waals surface area contributed by atoms with Crippen LogP contribution in [-0.4, -0.2) is 28.2 Å². The first-order chi connectivity index (χ1) is 11.9. The van der Waals surface area contributed by atoms with Gasteiger partial charge in [-0.1, -0.05) is 66.8 Å². The van der Waals surface area contributed by atoms with Crippen LogP contribution in [0.15, 0.2) is 72.3 Å². The minimum absolute atomic E-state index is 0.899. The summed E-state index contributed by atoms with van der Waals surface area (Å²) in [6.45, 7) is 2.96. The molecule has 3 heteroatoms. The van der Waals surface area contributed by atoms with Gasteiger partial charge in [-0.15, -0.1) is 0 Å². The van der Waals surface area contributed by atoms with Crippen LogP contribution in [0.1, 0.15) is 17.7 Å².